The molecule has 1 N–H and O–H groups in total. The molecular weight excluding hydrogens is 476 g/mol. The van der Waals surface area contributed by atoms with E-state index in [1.54, 1.807) is 18.2 Å². The van der Waals surface area contributed by atoms with Crippen LogP contribution in [0.5, 0.6) is 5.75 Å². The summed E-state index contributed by atoms with van der Waals surface area (Å²) in [5.74, 6) is -0.978. The maximum Gasteiger partial charge on any atom is 0.300 e. The summed E-state index contributed by atoms with van der Waals surface area (Å²) in [5.41, 5.74) is 4.89. The van der Waals surface area contributed by atoms with Crippen LogP contribution in [0.25, 0.3) is 5.76 Å². The van der Waals surface area contributed by atoms with E-state index in [2.05, 4.69) is 18.7 Å². The lowest BCUT2D eigenvalue weighted by Crippen LogP contribution is -2.30. The highest BCUT2D eigenvalue weighted by molar-refractivity contribution is 6.51. The van der Waals surface area contributed by atoms with Gasteiger partial charge in [0.05, 0.1) is 18.2 Å². The second-order valence-electron chi connectivity index (χ2n) is 9.53. The molecule has 1 aliphatic heterocycles. The second-order valence-corrected chi connectivity index (χ2v) is 9.53. The lowest BCUT2D eigenvalue weighted by Gasteiger charge is -2.28. The Morgan fingerprint density at radius 1 is 0.947 bits per heavy atom. The van der Waals surface area contributed by atoms with Crippen molar-refractivity contribution in [3.05, 3.63) is 94.6 Å². The maximum absolute atomic E-state index is 13.6. The number of rotatable bonds is 9. The normalized spacial score (nSPS) is 16.7. The van der Waals surface area contributed by atoms with Gasteiger partial charge in [0.2, 0.25) is 0 Å². The van der Waals surface area contributed by atoms with Crippen molar-refractivity contribution in [3.8, 4) is 5.75 Å². The van der Waals surface area contributed by atoms with Gasteiger partial charge in [0, 0.05) is 30.0 Å². The molecule has 38 heavy (non-hydrogen) atoms. The van der Waals surface area contributed by atoms with Crippen LogP contribution in [0.4, 0.5) is 11.4 Å². The molecule has 198 valence electrons. The SMILES string of the molecule is CCCOc1cccc(/C(O)=C2\C(=O)C(=O)N(c3cccc(C)c3C)C2c2ccc(N(CC)CC)cc2)c1. The van der Waals surface area contributed by atoms with E-state index in [1.165, 1.54) is 4.90 Å². The van der Waals surface area contributed by atoms with Crippen LogP contribution in [0, 0.1) is 13.8 Å². The third-order valence-corrected chi connectivity index (χ3v) is 7.20. The second kappa shape index (κ2) is 11.5. The van der Waals surface area contributed by atoms with Crippen LogP contribution >= 0.6 is 0 Å². The largest absolute Gasteiger partial charge is 0.507 e. The Morgan fingerprint density at radius 3 is 2.29 bits per heavy atom. The summed E-state index contributed by atoms with van der Waals surface area (Å²) in [4.78, 5) is 30.9. The summed E-state index contributed by atoms with van der Waals surface area (Å²) < 4.78 is 5.74. The Bertz CT molecular complexity index is 1360. The number of ether oxygens (including phenoxy) is 1. The van der Waals surface area contributed by atoms with Crippen LogP contribution in [0.1, 0.15) is 55.5 Å². The lowest BCUT2D eigenvalue weighted by molar-refractivity contribution is -0.132. The molecule has 1 saturated heterocycles. The standard InChI is InChI=1S/C32H36N2O4/c1-6-19-38-26-13-10-12-24(20-26)30(35)28-29(23-15-17-25(18-16-23)33(7-2)8-3)34(32(37)31(28)36)27-14-9-11-21(4)22(27)5/h9-18,20,29,35H,6-8,19H2,1-5H3/b30-28+. The van der Waals surface area contributed by atoms with E-state index >= 15 is 0 Å². The molecule has 1 fully saturated rings. The molecule has 0 saturated carbocycles. The van der Waals surface area contributed by atoms with E-state index in [9.17, 15) is 14.7 Å². The molecule has 6 heteroatoms. The average molecular weight is 513 g/mol. The van der Waals surface area contributed by atoms with Crippen molar-refractivity contribution in [1.82, 2.24) is 0 Å². The third-order valence-electron chi connectivity index (χ3n) is 7.20. The molecule has 0 spiro atoms. The number of carbonyl (C=O) groups is 2. The van der Waals surface area contributed by atoms with Gasteiger partial charge in [-0.15, -0.1) is 0 Å². The molecule has 3 aromatic rings. The van der Waals surface area contributed by atoms with E-state index in [0.717, 1.165) is 41.9 Å². The lowest BCUT2D eigenvalue weighted by atomic mass is 9.94. The van der Waals surface area contributed by atoms with E-state index < -0.39 is 17.7 Å². The number of anilines is 2. The number of amides is 1. The summed E-state index contributed by atoms with van der Waals surface area (Å²) in [6, 6.07) is 19.8. The van der Waals surface area contributed by atoms with E-state index in [4.69, 9.17) is 4.74 Å². The van der Waals surface area contributed by atoms with Crippen LogP contribution in [0.3, 0.4) is 0 Å². The first-order valence-electron chi connectivity index (χ1n) is 13.3. The highest BCUT2D eigenvalue weighted by atomic mass is 16.5. The fraction of sp³-hybridized carbons (Fsp3) is 0.312. The number of aliphatic hydroxyl groups excluding tert-OH is 1. The molecule has 3 aromatic carbocycles. The maximum atomic E-state index is 13.6. The van der Waals surface area contributed by atoms with Crippen LogP contribution in [0.2, 0.25) is 0 Å². The molecule has 0 aliphatic carbocycles. The fourth-order valence-electron chi connectivity index (χ4n) is 4.96. The van der Waals surface area contributed by atoms with Gasteiger partial charge < -0.3 is 14.7 Å². The third kappa shape index (κ3) is 5.03. The first-order chi connectivity index (χ1) is 18.3. The number of hydrogen-bond donors (Lipinski definition) is 1. The van der Waals surface area contributed by atoms with Gasteiger partial charge in [-0.25, -0.2) is 0 Å². The zero-order chi connectivity index (χ0) is 27.4. The highest BCUT2D eigenvalue weighted by Gasteiger charge is 2.47. The first kappa shape index (κ1) is 27.0. The zero-order valence-corrected chi connectivity index (χ0v) is 22.8. The monoisotopic (exact) mass is 512 g/mol. The molecule has 6 nitrogen and oxygen atoms in total. The van der Waals surface area contributed by atoms with Crippen molar-refractivity contribution < 1.29 is 19.4 Å². The van der Waals surface area contributed by atoms with Gasteiger partial charge in [-0.1, -0.05) is 43.3 Å². The molecule has 0 aromatic heterocycles. The molecule has 0 bridgehead atoms. The summed E-state index contributed by atoms with van der Waals surface area (Å²) in [7, 11) is 0. The first-order valence-corrected chi connectivity index (χ1v) is 13.3. The van der Waals surface area contributed by atoms with Crippen molar-refractivity contribution in [2.24, 2.45) is 0 Å². The predicted octanol–water partition coefficient (Wildman–Crippen LogP) is 6.56. The number of nitrogens with zero attached hydrogens (tertiary/aromatic N) is 2. The van der Waals surface area contributed by atoms with Gasteiger partial charge in [-0.3, -0.25) is 14.5 Å². The minimum atomic E-state index is -0.776. The van der Waals surface area contributed by atoms with Crippen molar-refractivity contribution >= 4 is 28.8 Å². The Hall–Kier alpha value is -4.06. The zero-order valence-electron chi connectivity index (χ0n) is 22.8. The van der Waals surface area contributed by atoms with Crippen molar-refractivity contribution in [2.75, 3.05) is 29.5 Å². The van der Waals surface area contributed by atoms with E-state index in [1.807, 2.05) is 69.3 Å². The molecular formula is C32H36N2O4. The van der Waals surface area contributed by atoms with Gasteiger partial charge in [0.25, 0.3) is 11.7 Å². The van der Waals surface area contributed by atoms with Gasteiger partial charge >= 0.3 is 0 Å². The molecule has 1 unspecified atom stereocenters. The van der Waals surface area contributed by atoms with Crippen molar-refractivity contribution in [1.29, 1.82) is 0 Å². The highest BCUT2D eigenvalue weighted by Crippen LogP contribution is 2.44. The molecule has 0 radical (unpaired) electrons. The predicted molar refractivity (Wildman–Crippen MR) is 153 cm³/mol. The number of aliphatic hydroxyl groups is 1. The number of carbonyl (C=O) groups excluding carboxylic acids is 2. The Balaban J connectivity index is 1.90. The van der Waals surface area contributed by atoms with Crippen LogP contribution in [0.15, 0.2) is 72.3 Å². The van der Waals surface area contributed by atoms with Crippen LogP contribution in [-0.2, 0) is 9.59 Å². The molecule has 1 aliphatic rings. The molecule has 1 atom stereocenters. The number of ketones is 1. The van der Waals surface area contributed by atoms with Crippen molar-refractivity contribution in [2.45, 2.75) is 47.1 Å². The molecule has 1 heterocycles. The molecule has 4 rings (SSSR count). The quantitative estimate of drug-likeness (QED) is 0.200. The van der Waals surface area contributed by atoms with Crippen LogP contribution in [-0.4, -0.2) is 36.5 Å². The number of benzene rings is 3. The van der Waals surface area contributed by atoms with Gasteiger partial charge in [0.1, 0.15) is 11.5 Å². The van der Waals surface area contributed by atoms with Crippen LogP contribution < -0.4 is 14.5 Å². The van der Waals surface area contributed by atoms with Gasteiger partial charge in [-0.05, 0) is 81.1 Å². The van der Waals surface area contributed by atoms with Crippen molar-refractivity contribution in [3.63, 3.8) is 0 Å². The minimum Gasteiger partial charge on any atom is -0.507 e. The Kier molecular flexibility index (Phi) is 8.20. The summed E-state index contributed by atoms with van der Waals surface area (Å²) in [6.07, 6.45) is 0.848. The summed E-state index contributed by atoms with van der Waals surface area (Å²) >= 11 is 0. The molecule has 1 amide bonds. The van der Waals surface area contributed by atoms with Gasteiger partial charge in [-0.2, -0.15) is 0 Å². The van der Waals surface area contributed by atoms with Gasteiger partial charge in [0.15, 0.2) is 0 Å². The minimum absolute atomic E-state index is 0.0686. The van der Waals surface area contributed by atoms with E-state index in [0.29, 0.717) is 23.6 Å². The number of aryl methyl sites for hydroxylation is 1. The van der Waals surface area contributed by atoms with E-state index in [-0.39, 0.29) is 11.3 Å². The fourth-order valence-corrected chi connectivity index (χ4v) is 4.96. The number of hydrogen-bond acceptors (Lipinski definition) is 5. The summed E-state index contributed by atoms with van der Waals surface area (Å²) in [6.45, 7) is 12.4. The smallest absolute Gasteiger partial charge is 0.300 e. The summed E-state index contributed by atoms with van der Waals surface area (Å²) in [5, 5.41) is 11.5. The average Bonchev–Trinajstić information content (AvgIpc) is 3.19. The topological polar surface area (TPSA) is 70.1 Å². The Labute approximate surface area is 225 Å². The Morgan fingerprint density at radius 2 is 1.63 bits per heavy atom. The number of Topliss-reactive ketones (excluding diaryl/α,β-unsaturated/α-hetero) is 1.